The predicted molar refractivity (Wildman–Crippen MR) is 64.0 cm³/mol. The molecule has 1 nitrogen and oxygen atoms in total. The van der Waals surface area contributed by atoms with E-state index in [4.69, 9.17) is 11.6 Å². The molecule has 72 valence electrons. The first-order valence-electron chi connectivity index (χ1n) is 3.96. The third-order valence-electron chi connectivity index (χ3n) is 2.03. The highest BCUT2D eigenvalue weighted by atomic mass is 35.5. The van der Waals surface area contributed by atoms with E-state index in [1.165, 1.54) is 0 Å². The summed E-state index contributed by atoms with van der Waals surface area (Å²) in [5.41, 5.74) is 0.606. The summed E-state index contributed by atoms with van der Waals surface area (Å²) < 4.78 is 0.983. The van der Waals surface area contributed by atoms with Gasteiger partial charge in [-0.2, -0.15) is 0 Å². The van der Waals surface area contributed by atoms with Gasteiger partial charge in [-0.1, -0.05) is 11.6 Å². The van der Waals surface area contributed by atoms with E-state index in [1.54, 1.807) is 23.1 Å². The van der Waals surface area contributed by atoms with Crippen molar-refractivity contribution in [2.45, 2.75) is 4.90 Å². The number of aldehydes is 1. The Bertz CT molecular complexity index is 490. The van der Waals surface area contributed by atoms with Crippen LogP contribution in [0.2, 0.25) is 5.02 Å². The molecule has 14 heavy (non-hydrogen) atoms. The summed E-state index contributed by atoms with van der Waals surface area (Å²) in [5.74, 6) is 0. The van der Waals surface area contributed by atoms with Crippen molar-refractivity contribution in [1.29, 1.82) is 0 Å². The molecular formula is C10H7ClOS2. The number of rotatable bonds is 2. The Balaban J connectivity index is 2.88. The van der Waals surface area contributed by atoms with E-state index in [2.05, 4.69) is 0 Å². The predicted octanol–water partition coefficient (Wildman–Crippen LogP) is 4.09. The van der Waals surface area contributed by atoms with Gasteiger partial charge in [0, 0.05) is 15.0 Å². The summed E-state index contributed by atoms with van der Waals surface area (Å²) in [4.78, 5) is 12.0. The van der Waals surface area contributed by atoms with Crippen molar-refractivity contribution < 1.29 is 4.79 Å². The fourth-order valence-corrected chi connectivity index (χ4v) is 3.36. The van der Waals surface area contributed by atoms with Gasteiger partial charge in [0.2, 0.25) is 0 Å². The Labute approximate surface area is 95.1 Å². The van der Waals surface area contributed by atoms with Gasteiger partial charge >= 0.3 is 0 Å². The van der Waals surface area contributed by atoms with Crippen LogP contribution in [-0.4, -0.2) is 12.5 Å². The number of carbonyl (C=O) groups excluding carboxylic acids is 1. The molecular weight excluding hydrogens is 236 g/mol. The summed E-state index contributed by atoms with van der Waals surface area (Å²) in [6.07, 6.45) is 2.83. The average Bonchev–Trinajstić information content (AvgIpc) is 2.65. The number of halogens is 1. The molecule has 0 aliphatic carbocycles. The van der Waals surface area contributed by atoms with Crippen molar-refractivity contribution in [3.8, 4) is 0 Å². The maximum Gasteiger partial charge on any atom is 0.153 e. The maximum absolute atomic E-state index is 10.9. The van der Waals surface area contributed by atoms with Crippen LogP contribution in [0.4, 0.5) is 0 Å². The van der Waals surface area contributed by atoms with Gasteiger partial charge < -0.3 is 0 Å². The Morgan fingerprint density at radius 3 is 3.00 bits per heavy atom. The van der Waals surface area contributed by atoms with Crippen molar-refractivity contribution >= 4 is 51.1 Å². The fraction of sp³-hybridized carbons (Fsp3) is 0.100. The lowest BCUT2D eigenvalue weighted by atomic mass is 10.2. The van der Waals surface area contributed by atoms with Gasteiger partial charge in [0.15, 0.2) is 6.29 Å². The Hall–Kier alpha value is -0.510. The molecule has 0 saturated heterocycles. The molecule has 0 atom stereocenters. The molecule has 0 fully saturated rings. The Morgan fingerprint density at radius 2 is 2.36 bits per heavy atom. The smallest absolute Gasteiger partial charge is 0.153 e. The lowest BCUT2D eigenvalue weighted by molar-refractivity contribution is 0.112. The van der Waals surface area contributed by atoms with Crippen LogP contribution < -0.4 is 0 Å². The van der Waals surface area contributed by atoms with E-state index in [-0.39, 0.29) is 0 Å². The van der Waals surface area contributed by atoms with Crippen LogP contribution in [0.15, 0.2) is 22.4 Å². The standard InChI is InChI=1S/C10H7ClOS2/c1-13-9-4-8(11)7(5-12)10-6(9)2-3-14-10/h2-5H,1H3. The normalized spacial score (nSPS) is 10.7. The van der Waals surface area contributed by atoms with Crippen molar-refractivity contribution in [3.63, 3.8) is 0 Å². The Morgan fingerprint density at radius 1 is 1.57 bits per heavy atom. The summed E-state index contributed by atoms with van der Waals surface area (Å²) >= 11 is 9.20. The summed E-state index contributed by atoms with van der Waals surface area (Å²) in [5, 5.41) is 3.64. The number of hydrogen-bond donors (Lipinski definition) is 0. The van der Waals surface area contributed by atoms with Crippen molar-refractivity contribution in [2.75, 3.05) is 6.26 Å². The minimum absolute atomic E-state index is 0.541. The van der Waals surface area contributed by atoms with Crippen molar-refractivity contribution in [1.82, 2.24) is 0 Å². The quantitative estimate of drug-likeness (QED) is 0.583. The molecule has 0 spiro atoms. The number of fused-ring (bicyclic) bond motifs is 1. The highest BCUT2D eigenvalue weighted by Crippen LogP contribution is 2.36. The van der Waals surface area contributed by atoms with Gasteiger partial charge in [-0.25, -0.2) is 0 Å². The molecule has 1 aromatic heterocycles. The minimum Gasteiger partial charge on any atom is -0.298 e. The average molecular weight is 243 g/mol. The number of benzene rings is 1. The second-order valence-electron chi connectivity index (χ2n) is 2.76. The molecule has 0 aliphatic heterocycles. The molecule has 0 aliphatic rings. The van der Waals surface area contributed by atoms with E-state index < -0.39 is 0 Å². The zero-order chi connectivity index (χ0) is 10.1. The largest absolute Gasteiger partial charge is 0.298 e. The van der Waals surface area contributed by atoms with Crippen LogP contribution in [0.25, 0.3) is 10.1 Å². The molecule has 0 unspecified atom stereocenters. The van der Waals surface area contributed by atoms with Crippen LogP contribution >= 0.6 is 34.7 Å². The van der Waals surface area contributed by atoms with Crippen molar-refractivity contribution in [3.05, 3.63) is 28.1 Å². The number of thiophene rings is 1. The van der Waals surface area contributed by atoms with E-state index in [9.17, 15) is 4.79 Å². The van der Waals surface area contributed by atoms with Crippen LogP contribution in [0.1, 0.15) is 10.4 Å². The van der Waals surface area contributed by atoms with Gasteiger partial charge in [-0.15, -0.1) is 23.1 Å². The van der Waals surface area contributed by atoms with Crippen LogP contribution in [0, 0.1) is 0 Å². The zero-order valence-electron chi connectivity index (χ0n) is 7.41. The monoisotopic (exact) mass is 242 g/mol. The van der Waals surface area contributed by atoms with Gasteiger partial charge in [-0.05, 0) is 23.8 Å². The Kier molecular flexibility index (Phi) is 2.81. The molecule has 2 rings (SSSR count). The van der Waals surface area contributed by atoms with Gasteiger partial charge in [-0.3, -0.25) is 4.79 Å². The van der Waals surface area contributed by atoms with E-state index in [0.717, 1.165) is 21.3 Å². The minimum atomic E-state index is 0.541. The van der Waals surface area contributed by atoms with E-state index in [0.29, 0.717) is 10.6 Å². The SMILES string of the molecule is CSc1cc(Cl)c(C=O)c2sccc12. The number of thioether (sulfide) groups is 1. The highest BCUT2D eigenvalue weighted by Gasteiger charge is 2.10. The third-order valence-corrected chi connectivity index (χ3v) is 4.07. The lowest BCUT2D eigenvalue weighted by Gasteiger charge is -2.03. The first-order valence-corrected chi connectivity index (χ1v) is 6.45. The summed E-state index contributed by atoms with van der Waals surface area (Å²) in [6.45, 7) is 0. The lowest BCUT2D eigenvalue weighted by Crippen LogP contribution is -1.84. The molecule has 2 aromatic rings. The fourth-order valence-electron chi connectivity index (χ4n) is 1.37. The van der Waals surface area contributed by atoms with Crippen LogP contribution in [0.3, 0.4) is 0 Å². The van der Waals surface area contributed by atoms with Crippen LogP contribution in [0.5, 0.6) is 0 Å². The van der Waals surface area contributed by atoms with E-state index >= 15 is 0 Å². The summed E-state index contributed by atoms with van der Waals surface area (Å²) in [7, 11) is 0. The molecule has 0 saturated carbocycles. The second kappa shape index (κ2) is 3.93. The topological polar surface area (TPSA) is 17.1 Å². The molecule has 0 N–H and O–H groups in total. The summed E-state index contributed by atoms with van der Waals surface area (Å²) in [6, 6.07) is 3.88. The molecule has 1 heterocycles. The van der Waals surface area contributed by atoms with Gasteiger partial charge in [0.1, 0.15) is 0 Å². The second-order valence-corrected chi connectivity index (χ2v) is 4.93. The molecule has 0 radical (unpaired) electrons. The number of carbonyl (C=O) groups is 1. The first-order chi connectivity index (χ1) is 6.77. The molecule has 0 bridgehead atoms. The first kappa shape index (κ1) is 10.0. The van der Waals surface area contributed by atoms with Gasteiger partial charge in [0.05, 0.1) is 10.6 Å². The molecule has 1 aromatic carbocycles. The molecule has 4 heteroatoms. The maximum atomic E-state index is 10.9. The number of hydrogen-bond acceptors (Lipinski definition) is 3. The third kappa shape index (κ3) is 1.45. The molecule has 0 amide bonds. The van der Waals surface area contributed by atoms with Crippen molar-refractivity contribution in [2.24, 2.45) is 0 Å². The van der Waals surface area contributed by atoms with Gasteiger partial charge in [0.25, 0.3) is 0 Å². The highest BCUT2D eigenvalue weighted by molar-refractivity contribution is 7.98. The zero-order valence-corrected chi connectivity index (χ0v) is 9.80. The van der Waals surface area contributed by atoms with Crippen LogP contribution in [-0.2, 0) is 0 Å². The van der Waals surface area contributed by atoms with E-state index in [1.807, 2.05) is 23.8 Å².